The number of benzene rings is 1. The fourth-order valence-corrected chi connectivity index (χ4v) is 3.42. The van der Waals surface area contributed by atoms with E-state index in [0.717, 1.165) is 12.1 Å². The van der Waals surface area contributed by atoms with Crippen molar-refractivity contribution in [2.24, 2.45) is 11.7 Å². The van der Waals surface area contributed by atoms with Gasteiger partial charge in [0, 0.05) is 18.6 Å². The quantitative estimate of drug-likeness (QED) is 0.905. The molecule has 0 bridgehead atoms. The third kappa shape index (κ3) is 4.50. The molecule has 0 amide bonds. The number of likely N-dealkylation sites (tertiary alicyclic amines) is 1. The van der Waals surface area contributed by atoms with Crippen LogP contribution in [0.25, 0.3) is 0 Å². The number of halogens is 1. The number of hydrogen-bond donors (Lipinski definition) is 1. The molecule has 0 aliphatic carbocycles. The van der Waals surface area contributed by atoms with Gasteiger partial charge in [0.25, 0.3) is 0 Å². The van der Waals surface area contributed by atoms with Gasteiger partial charge < -0.3 is 10.6 Å². The summed E-state index contributed by atoms with van der Waals surface area (Å²) in [5.74, 6) is 0.520. The lowest BCUT2D eigenvalue weighted by Gasteiger charge is -2.36. The first-order chi connectivity index (χ1) is 9.97. The Hall–Kier alpha value is -0.970. The second kappa shape index (κ2) is 7.34. The minimum absolute atomic E-state index is 0.0249. The van der Waals surface area contributed by atoms with E-state index >= 15 is 0 Å². The third-order valence-corrected chi connectivity index (χ3v) is 4.55. The highest BCUT2D eigenvalue weighted by Crippen LogP contribution is 2.26. The van der Waals surface area contributed by atoms with Gasteiger partial charge in [-0.2, -0.15) is 0 Å². The van der Waals surface area contributed by atoms with Gasteiger partial charge in [-0.3, -0.25) is 4.90 Å². The maximum atomic E-state index is 13.5. The Balaban J connectivity index is 2.04. The van der Waals surface area contributed by atoms with Gasteiger partial charge in [-0.15, -0.1) is 0 Å². The van der Waals surface area contributed by atoms with Crippen molar-refractivity contribution in [1.82, 2.24) is 9.80 Å². The molecule has 0 aromatic heterocycles. The van der Waals surface area contributed by atoms with Crippen LogP contribution in [-0.4, -0.2) is 49.6 Å². The van der Waals surface area contributed by atoms with E-state index in [2.05, 4.69) is 23.9 Å². The summed E-state index contributed by atoms with van der Waals surface area (Å²) in [6, 6.07) is 6.88. The summed E-state index contributed by atoms with van der Waals surface area (Å²) in [6.07, 6.45) is 2.46. The monoisotopic (exact) mass is 293 g/mol. The molecule has 1 fully saturated rings. The molecule has 1 aromatic carbocycles. The van der Waals surface area contributed by atoms with Crippen LogP contribution in [0.15, 0.2) is 24.3 Å². The van der Waals surface area contributed by atoms with E-state index in [1.807, 2.05) is 13.0 Å². The number of rotatable bonds is 5. The van der Waals surface area contributed by atoms with Crippen molar-refractivity contribution in [3.05, 3.63) is 35.6 Å². The lowest BCUT2D eigenvalue weighted by atomic mass is 9.93. The van der Waals surface area contributed by atoms with E-state index < -0.39 is 0 Å². The molecule has 1 saturated heterocycles. The number of hydrogen-bond acceptors (Lipinski definition) is 3. The van der Waals surface area contributed by atoms with Crippen LogP contribution in [0.4, 0.5) is 4.39 Å². The average Bonchev–Trinajstić information content (AvgIpc) is 2.41. The summed E-state index contributed by atoms with van der Waals surface area (Å²) >= 11 is 0. The Kier molecular flexibility index (Phi) is 5.73. The van der Waals surface area contributed by atoms with Gasteiger partial charge in [-0.25, -0.2) is 4.39 Å². The molecular formula is C17H28FN3. The van der Waals surface area contributed by atoms with E-state index in [9.17, 15) is 4.39 Å². The fraction of sp³-hybridized carbons (Fsp3) is 0.647. The van der Waals surface area contributed by atoms with Gasteiger partial charge in [0.05, 0.1) is 0 Å². The molecule has 4 heteroatoms. The molecule has 2 atom stereocenters. The third-order valence-electron chi connectivity index (χ3n) is 4.55. The summed E-state index contributed by atoms with van der Waals surface area (Å²) in [7, 11) is 4.29. The molecule has 21 heavy (non-hydrogen) atoms. The summed E-state index contributed by atoms with van der Waals surface area (Å²) in [5, 5.41) is 0. The number of nitrogens with two attached hydrogens (primary N) is 1. The minimum Gasteiger partial charge on any atom is -0.326 e. The molecule has 1 aliphatic heterocycles. The predicted octanol–water partition coefficient (Wildman–Crippen LogP) is 2.49. The Morgan fingerprint density at radius 3 is 2.62 bits per heavy atom. The smallest absolute Gasteiger partial charge is 0.123 e. The van der Waals surface area contributed by atoms with Crippen LogP contribution in [0, 0.1) is 11.7 Å². The van der Waals surface area contributed by atoms with Crippen LogP contribution >= 0.6 is 0 Å². The van der Waals surface area contributed by atoms with Gasteiger partial charge in [0.1, 0.15) is 5.82 Å². The van der Waals surface area contributed by atoms with Gasteiger partial charge in [-0.05, 0) is 70.6 Å². The fourth-order valence-electron chi connectivity index (χ4n) is 3.42. The van der Waals surface area contributed by atoms with Crippen LogP contribution < -0.4 is 5.73 Å². The maximum Gasteiger partial charge on any atom is 0.123 e. The molecular weight excluding hydrogens is 265 g/mol. The van der Waals surface area contributed by atoms with Crippen LogP contribution in [0.2, 0.25) is 0 Å². The van der Waals surface area contributed by atoms with Gasteiger partial charge >= 0.3 is 0 Å². The molecule has 3 nitrogen and oxygen atoms in total. The molecule has 1 aliphatic rings. The first-order valence-electron chi connectivity index (χ1n) is 7.87. The lowest BCUT2D eigenvalue weighted by Crippen LogP contribution is -2.42. The largest absolute Gasteiger partial charge is 0.326 e. The predicted molar refractivity (Wildman–Crippen MR) is 85.6 cm³/mol. The second-order valence-corrected chi connectivity index (χ2v) is 6.55. The Morgan fingerprint density at radius 1 is 1.38 bits per heavy atom. The molecule has 118 valence electrons. The van der Waals surface area contributed by atoms with Crippen molar-refractivity contribution in [1.29, 1.82) is 0 Å². The average molecular weight is 293 g/mol. The highest BCUT2D eigenvalue weighted by Gasteiger charge is 2.25. The van der Waals surface area contributed by atoms with Gasteiger partial charge in [0.15, 0.2) is 0 Å². The molecule has 2 rings (SSSR count). The normalized spacial score (nSPS) is 20.7. The van der Waals surface area contributed by atoms with Gasteiger partial charge in [0.2, 0.25) is 0 Å². The standard InChI is InChI=1S/C17H28FN3/c1-13(19)17(15-5-4-6-16(18)11-15)21(3)12-14-7-9-20(2)10-8-14/h4-6,11,13-14,17H,7-10,12,19H2,1-3H3. The van der Waals surface area contributed by atoms with E-state index in [-0.39, 0.29) is 17.9 Å². The highest BCUT2D eigenvalue weighted by molar-refractivity contribution is 5.21. The molecule has 2 unspecified atom stereocenters. The van der Waals surface area contributed by atoms with Crippen molar-refractivity contribution in [2.75, 3.05) is 33.7 Å². The van der Waals surface area contributed by atoms with E-state index in [0.29, 0.717) is 5.92 Å². The minimum atomic E-state index is -0.189. The zero-order valence-electron chi connectivity index (χ0n) is 13.4. The lowest BCUT2D eigenvalue weighted by molar-refractivity contribution is 0.140. The SMILES string of the molecule is CC(N)C(c1cccc(F)c1)N(C)CC1CCN(C)CC1. The van der Waals surface area contributed by atoms with E-state index in [1.54, 1.807) is 12.1 Å². The molecule has 0 saturated carbocycles. The molecule has 1 heterocycles. The molecule has 1 aromatic rings. The first-order valence-corrected chi connectivity index (χ1v) is 7.87. The Morgan fingerprint density at radius 2 is 2.05 bits per heavy atom. The van der Waals surface area contributed by atoms with Crippen LogP contribution in [-0.2, 0) is 0 Å². The Bertz CT molecular complexity index is 441. The van der Waals surface area contributed by atoms with Crippen LogP contribution in [0.3, 0.4) is 0 Å². The molecule has 2 N–H and O–H groups in total. The van der Waals surface area contributed by atoms with Crippen molar-refractivity contribution >= 4 is 0 Å². The summed E-state index contributed by atoms with van der Waals surface area (Å²) in [6.45, 7) is 5.36. The van der Waals surface area contributed by atoms with E-state index in [4.69, 9.17) is 5.73 Å². The van der Waals surface area contributed by atoms with Crippen LogP contribution in [0.1, 0.15) is 31.4 Å². The number of likely N-dealkylation sites (N-methyl/N-ethyl adjacent to an activating group) is 1. The van der Waals surface area contributed by atoms with E-state index in [1.165, 1.54) is 32.0 Å². The van der Waals surface area contributed by atoms with Crippen molar-refractivity contribution < 1.29 is 4.39 Å². The Labute approximate surface area is 127 Å². The summed E-state index contributed by atoms with van der Waals surface area (Å²) in [5.41, 5.74) is 7.15. The van der Waals surface area contributed by atoms with Crippen molar-refractivity contribution in [3.8, 4) is 0 Å². The number of piperidine rings is 1. The van der Waals surface area contributed by atoms with Crippen LogP contribution in [0.5, 0.6) is 0 Å². The summed E-state index contributed by atoms with van der Waals surface area (Å²) in [4.78, 5) is 4.68. The zero-order chi connectivity index (χ0) is 15.4. The van der Waals surface area contributed by atoms with Crippen molar-refractivity contribution in [2.45, 2.75) is 31.8 Å². The maximum absolute atomic E-state index is 13.5. The van der Waals surface area contributed by atoms with Gasteiger partial charge in [-0.1, -0.05) is 12.1 Å². The zero-order valence-corrected chi connectivity index (χ0v) is 13.4. The highest BCUT2D eigenvalue weighted by atomic mass is 19.1. The summed E-state index contributed by atoms with van der Waals surface area (Å²) < 4.78 is 13.5. The number of nitrogens with zero attached hydrogens (tertiary/aromatic N) is 2. The molecule has 0 radical (unpaired) electrons. The first kappa shape index (κ1) is 16.4. The van der Waals surface area contributed by atoms with Crippen molar-refractivity contribution in [3.63, 3.8) is 0 Å². The topological polar surface area (TPSA) is 32.5 Å². The molecule has 0 spiro atoms. The second-order valence-electron chi connectivity index (χ2n) is 6.55.